The van der Waals surface area contributed by atoms with Gasteiger partial charge in [0.05, 0.1) is 0 Å². The lowest BCUT2D eigenvalue weighted by Crippen LogP contribution is -2.17. The third-order valence-electron chi connectivity index (χ3n) is 1.91. The van der Waals surface area contributed by atoms with Crippen molar-refractivity contribution >= 4 is 0 Å². The van der Waals surface area contributed by atoms with Gasteiger partial charge in [0.2, 0.25) is 6.17 Å². The van der Waals surface area contributed by atoms with Gasteiger partial charge in [-0.1, -0.05) is 24.3 Å². The van der Waals surface area contributed by atoms with E-state index in [2.05, 4.69) is 5.32 Å². The van der Waals surface area contributed by atoms with Crippen molar-refractivity contribution in [1.82, 2.24) is 5.32 Å². The molecule has 0 aliphatic carbocycles. The molecule has 1 aromatic carbocycles. The van der Waals surface area contributed by atoms with Crippen molar-refractivity contribution in [2.24, 2.45) is 0 Å². The molecule has 1 N–H and O–H groups in total. The van der Waals surface area contributed by atoms with E-state index in [9.17, 15) is 17.6 Å². The second kappa shape index (κ2) is 4.61. The minimum atomic E-state index is -4.84. The van der Waals surface area contributed by atoms with Crippen LogP contribution in [0.15, 0.2) is 24.3 Å². The molecule has 0 saturated heterocycles. The Morgan fingerprint density at radius 1 is 1.33 bits per heavy atom. The number of hydrogen-bond donors (Lipinski definition) is 1. The Labute approximate surface area is 85.1 Å². The summed E-state index contributed by atoms with van der Waals surface area (Å²) in [7, 11) is 1.67. The molecule has 0 spiro atoms. The molecule has 0 radical (unpaired) electrons. The largest absolute Gasteiger partial charge is 0.423 e. The Morgan fingerprint density at radius 2 is 2.00 bits per heavy atom. The van der Waals surface area contributed by atoms with E-state index in [0.717, 1.165) is 6.07 Å². The second-order valence-electron chi connectivity index (χ2n) is 3.18. The highest BCUT2D eigenvalue weighted by Crippen LogP contribution is 2.35. The average molecular weight is 221 g/mol. The maximum absolute atomic E-state index is 12.9. The maximum atomic E-state index is 12.9. The van der Waals surface area contributed by atoms with E-state index >= 15 is 0 Å². The molecule has 1 nitrogen and oxygen atoms in total. The summed E-state index contributed by atoms with van der Waals surface area (Å²) in [5.41, 5.74) is 0.275. The molecule has 0 aliphatic rings. The normalized spacial score (nSPS) is 13.9. The molecule has 1 unspecified atom stereocenters. The third-order valence-corrected chi connectivity index (χ3v) is 1.91. The summed E-state index contributed by atoms with van der Waals surface area (Å²) < 4.78 is 49.1. The SMILES string of the molecule is CNCc1cccc(C(F)C(F)(F)F)c1. The molecule has 0 aliphatic heterocycles. The fourth-order valence-electron chi connectivity index (χ4n) is 1.25. The monoisotopic (exact) mass is 221 g/mol. The number of benzene rings is 1. The van der Waals surface area contributed by atoms with Crippen molar-refractivity contribution in [2.45, 2.75) is 18.9 Å². The zero-order valence-electron chi connectivity index (χ0n) is 8.11. The Bertz CT molecular complexity index is 321. The van der Waals surface area contributed by atoms with Gasteiger partial charge in [-0.05, 0) is 18.2 Å². The lowest BCUT2D eigenvalue weighted by Gasteiger charge is -2.13. The van der Waals surface area contributed by atoms with Crippen molar-refractivity contribution in [3.8, 4) is 0 Å². The highest BCUT2D eigenvalue weighted by Gasteiger charge is 2.41. The van der Waals surface area contributed by atoms with Crippen molar-refractivity contribution in [2.75, 3.05) is 7.05 Å². The molecule has 1 rings (SSSR count). The van der Waals surface area contributed by atoms with Gasteiger partial charge in [-0.25, -0.2) is 4.39 Å². The van der Waals surface area contributed by atoms with Crippen LogP contribution >= 0.6 is 0 Å². The maximum Gasteiger partial charge on any atom is 0.423 e. The van der Waals surface area contributed by atoms with Gasteiger partial charge in [0.15, 0.2) is 0 Å². The smallest absolute Gasteiger partial charge is 0.316 e. The summed E-state index contributed by atoms with van der Waals surface area (Å²) in [6.07, 6.45) is -7.74. The third kappa shape index (κ3) is 3.20. The summed E-state index contributed by atoms with van der Waals surface area (Å²) in [6.45, 7) is 0.415. The molecule has 0 fully saturated rings. The summed E-state index contributed by atoms with van der Waals surface area (Å²) in [6, 6.07) is 5.41. The van der Waals surface area contributed by atoms with Gasteiger partial charge in [-0.15, -0.1) is 0 Å². The summed E-state index contributed by atoms with van der Waals surface area (Å²) in [5, 5.41) is 2.79. The van der Waals surface area contributed by atoms with Crippen molar-refractivity contribution in [1.29, 1.82) is 0 Å². The first-order valence-electron chi connectivity index (χ1n) is 4.39. The first-order valence-corrected chi connectivity index (χ1v) is 4.39. The van der Waals surface area contributed by atoms with Gasteiger partial charge in [0.25, 0.3) is 0 Å². The molecule has 0 saturated carbocycles. The van der Waals surface area contributed by atoms with E-state index in [4.69, 9.17) is 0 Å². The molecule has 1 aromatic rings. The number of halogens is 4. The molecular weight excluding hydrogens is 210 g/mol. The first kappa shape index (κ1) is 12.0. The highest BCUT2D eigenvalue weighted by molar-refractivity contribution is 5.26. The van der Waals surface area contributed by atoms with Crippen LogP contribution < -0.4 is 5.32 Å². The molecule has 0 bridgehead atoms. The Balaban J connectivity index is 2.90. The molecule has 84 valence electrons. The van der Waals surface area contributed by atoms with Crippen molar-refractivity contribution in [3.63, 3.8) is 0 Å². The standard InChI is InChI=1S/C10H11F4N/c1-15-6-7-3-2-4-8(5-7)9(11)10(12,13)14/h2-5,9,15H,6H2,1H3. The van der Waals surface area contributed by atoms with Gasteiger partial charge < -0.3 is 5.32 Å². The molecule has 15 heavy (non-hydrogen) atoms. The number of nitrogens with one attached hydrogen (secondary N) is 1. The van der Waals surface area contributed by atoms with Gasteiger partial charge in [-0.3, -0.25) is 0 Å². The lowest BCUT2D eigenvalue weighted by molar-refractivity contribution is -0.182. The quantitative estimate of drug-likeness (QED) is 0.774. The van der Waals surface area contributed by atoms with Gasteiger partial charge in [-0.2, -0.15) is 13.2 Å². The van der Waals surface area contributed by atoms with Crippen molar-refractivity contribution < 1.29 is 17.6 Å². The van der Waals surface area contributed by atoms with Gasteiger partial charge in [0, 0.05) is 6.54 Å². The highest BCUT2D eigenvalue weighted by atomic mass is 19.4. The van der Waals surface area contributed by atoms with Crippen LogP contribution in [-0.2, 0) is 6.54 Å². The lowest BCUT2D eigenvalue weighted by atomic mass is 10.1. The Morgan fingerprint density at radius 3 is 2.53 bits per heavy atom. The molecule has 0 heterocycles. The first-order chi connectivity index (χ1) is 6.95. The minimum Gasteiger partial charge on any atom is -0.316 e. The van der Waals surface area contributed by atoms with Crippen molar-refractivity contribution in [3.05, 3.63) is 35.4 Å². The fourth-order valence-corrected chi connectivity index (χ4v) is 1.25. The van der Waals surface area contributed by atoms with Gasteiger partial charge in [0.1, 0.15) is 0 Å². The van der Waals surface area contributed by atoms with Crippen LogP contribution in [0, 0.1) is 0 Å². The molecular formula is C10H11F4N. The van der Waals surface area contributed by atoms with E-state index in [1.165, 1.54) is 12.1 Å². The summed E-state index contributed by atoms with van der Waals surface area (Å²) in [5.74, 6) is 0. The zero-order chi connectivity index (χ0) is 11.5. The fraction of sp³-hybridized carbons (Fsp3) is 0.400. The molecule has 0 amide bonds. The predicted molar refractivity (Wildman–Crippen MR) is 49.1 cm³/mol. The van der Waals surface area contributed by atoms with Crippen LogP contribution in [0.3, 0.4) is 0 Å². The van der Waals surface area contributed by atoms with Crippen LogP contribution in [-0.4, -0.2) is 13.2 Å². The van der Waals surface area contributed by atoms with Gasteiger partial charge >= 0.3 is 6.18 Å². The van der Waals surface area contributed by atoms with E-state index in [1.807, 2.05) is 0 Å². The topological polar surface area (TPSA) is 12.0 Å². The Hall–Kier alpha value is -1.10. The summed E-state index contributed by atoms with van der Waals surface area (Å²) in [4.78, 5) is 0. The van der Waals surface area contributed by atoms with Crippen LogP contribution in [0.2, 0.25) is 0 Å². The van der Waals surface area contributed by atoms with Crippen LogP contribution in [0.5, 0.6) is 0 Å². The molecule has 5 heteroatoms. The number of alkyl halides is 4. The average Bonchev–Trinajstić information content (AvgIpc) is 2.16. The van der Waals surface area contributed by atoms with E-state index < -0.39 is 12.3 Å². The Kier molecular flexibility index (Phi) is 3.68. The zero-order valence-corrected chi connectivity index (χ0v) is 8.11. The molecule has 1 atom stereocenters. The van der Waals surface area contributed by atoms with E-state index in [-0.39, 0.29) is 5.56 Å². The van der Waals surface area contributed by atoms with E-state index in [1.54, 1.807) is 13.1 Å². The summed E-state index contributed by atoms with van der Waals surface area (Å²) >= 11 is 0. The van der Waals surface area contributed by atoms with Crippen LogP contribution in [0.25, 0.3) is 0 Å². The van der Waals surface area contributed by atoms with Crippen LogP contribution in [0.4, 0.5) is 17.6 Å². The number of hydrogen-bond acceptors (Lipinski definition) is 1. The minimum absolute atomic E-state index is 0.352. The second-order valence-corrected chi connectivity index (χ2v) is 3.18. The molecule has 0 aromatic heterocycles. The predicted octanol–water partition coefficient (Wildman–Crippen LogP) is 2.98. The number of rotatable bonds is 3. The van der Waals surface area contributed by atoms with Crippen LogP contribution in [0.1, 0.15) is 17.3 Å². The van der Waals surface area contributed by atoms with E-state index in [0.29, 0.717) is 12.1 Å².